The molecular weight excluding hydrogens is 357 g/mol. The van der Waals surface area contributed by atoms with Crippen LogP contribution in [0.2, 0.25) is 0 Å². The molecule has 0 radical (unpaired) electrons. The molecule has 2 aliphatic rings. The van der Waals surface area contributed by atoms with E-state index in [-0.39, 0.29) is 28.2 Å². The Kier molecular flexibility index (Phi) is 3.34. The van der Waals surface area contributed by atoms with Gasteiger partial charge in [0, 0.05) is 17.2 Å². The molecule has 1 N–H and O–H groups in total. The lowest BCUT2D eigenvalue weighted by Gasteiger charge is -2.24. The number of ether oxygens (including phenoxy) is 1. The Hall–Kier alpha value is -2.66. The van der Waals surface area contributed by atoms with Crippen LogP contribution >= 0.6 is 0 Å². The van der Waals surface area contributed by atoms with Crippen LogP contribution in [0.3, 0.4) is 0 Å². The standard InChI is InChI=1S/C18H10F5NO2/c19-9-3-8(7-24)4-10(5-9)26-14-2-1-11-15-12(6-13(25)16(14)15)18(22,23)17(11,20)21/h1-5,12-13,25H,6H2. The van der Waals surface area contributed by atoms with Gasteiger partial charge < -0.3 is 9.84 Å². The van der Waals surface area contributed by atoms with Crippen LogP contribution in [0, 0.1) is 17.1 Å². The molecule has 0 bridgehead atoms. The molecule has 2 aromatic carbocycles. The van der Waals surface area contributed by atoms with Crippen molar-refractivity contribution in [2.24, 2.45) is 0 Å². The normalized spacial score (nSPS) is 24.2. The number of alkyl halides is 4. The molecule has 0 spiro atoms. The predicted octanol–water partition coefficient (Wildman–Crippen LogP) is 4.75. The van der Waals surface area contributed by atoms with Gasteiger partial charge in [0.05, 0.1) is 23.7 Å². The van der Waals surface area contributed by atoms with Crippen molar-refractivity contribution in [2.45, 2.75) is 30.3 Å². The van der Waals surface area contributed by atoms with Crippen LogP contribution in [0.15, 0.2) is 30.3 Å². The minimum Gasteiger partial charge on any atom is -0.457 e. The van der Waals surface area contributed by atoms with Crippen molar-refractivity contribution < 1.29 is 31.8 Å². The third kappa shape index (κ3) is 2.07. The molecule has 26 heavy (non-hydrogen) atoms. The fraction of sp³-hybridized carbons (Fsp3) is 0.278. The fourth-order valence-electron chi connectivity index (χ4n) is 3.70. The number of rotatable bonds is 2. The average molecular weight is 367 g/mol. The number of halogens is 5. The van der Waals surface area contributed by atoms with E-state index < -0.39 is 41.7 Å². The van der Waals surface area contributed by atoms with Crippen LogP contribution in [0.25, 0.3) is 0 Å². The summed E-state index contributed by atoms with van der Waals surface area (Å²) in [5, 5.41) is 19.0. The van der Waals surface area contributed by atoms with E-state index in [1.54, 1.807) is 6.07 Å². The lowest BCUT2D eigenvalue weighted by molar-refractivity contribution is -0.217. The largest absolute Gasteiger partial charge is 0.457 e. The maximum absolute atomic E-state index is 14.1. The Labute approximate surface area is 144 Å². The summed E-state index contributed by atoms with van der Waals surface area (Å²) in [6.45, 7) is 0. The maximum Gasteiger partial charge on any atom is 0.336 e. The van der Waals surface area contributed by atoms with Crippen LogP contribution in [-0.4, -0.2) is 11.0 Å². The smallest absolute Gasteiger partial charge is 0.336 e. The fourth-order valence-corrected chi connectivity index (χ4v) is 3.70. The first kappa shape index (κ1) is 16.8. The molecule has 2 aliphatic carbocycles. The lowest BCUT2D eigenvalue weighted by Crippen LogP contribution is -2.36. The molecule has 0 aliphatic heterocycles. The van der Waals surface area contributed by atoms with Crippen molar-refractivity contribution in [1.82, 2.24) is 0 Å². The monoisotopic (exact) mass is 367 g/mol. The molecule has 134 valence electrons. The zero-order chi connectivity index (χ0) is 18.9. The second-order valence-corrected chi connectivity index (χ2v) is 6.33. The summed E-state index contributed by atoms with van der Waals surface area (Å²) >= 11 is 0. The topological polar surface area (TPSA) is 53.2 Å². The Morgan fingerprint density at radius 3 is 2.54 bits per heavy atom. The second-order valence-electron chi connectivity index (χ2n) is 6.33. The summed E-state index contributed by atoms with van der Waals surface area (Å²) < 4.78 is 75.3. The first-order valence-electron chi connectivity index (χ1n) is 7.66. The minimum atomic E-state index is -4.34. The van der Waals surface area contributed by atoms with E-state index in [0.29, 0.717) is 0 Å². The summed E-state index contributed by atoms with van der Waals surface area (Å²) in [5.74, 6) is -11.5. The highest BCUT2D eigenvalue weighted by molar-refractivity contribution is 5.58. The first-order chi connectivity index (χ1) is 12.2. The number of benzene rings is 2. The van der Waals surface area contributed by atoms with Gasteiger partial charge in [0.2, 0.25) is 0 Å². The van der Waals surface area contributed by atoms with Crippen molar-refractivity contribution in [3.05, 3.63) is 58.4 Å². The summed E-state index contributed by atoms with van der Waals surface area (Å²) in [6, 6.07) is 6.77. The Morgan fingerprint density at radius 2 is 1.85 bits per heavy atom. The van der Waals surface area contributed by atoms with E-state index in [1.807, 2.05) is 0 Å². The highest BCUT2D eigenvalue weighted by Crippen LogP contribution is 2.66. The van der Waals surface area contributed by atoms with Gasteiger partial charge in [-0.2, -0.15) is 22.8 Å². The molecule has 0 fully saturated rings. The molecule has 0 saturated carbocycles. The zero-order valence-electron chi connectivity index (χ0n) is 12.9. The number of nitriles is 1. The Bertz CT molecular complexity index is 967. The van der Waals surface area contributed by atoms with Gasteiger partial charge in [0.25, 0.3) is 0 Å². The molecule has 0 amide bonds. The van der Waals surface area contributed by atoms with Gasteiger partial charge in [0.15, 0.2) is 0 Å². The average Bonchev–Trinajstić information content (AvgIpc) is 2.98. The zero-order valence-corrected chi connectivity index (χ0v) is 12.9. The number of aliphatic hydroxyl groups is 1. The van der Waals surface area contributed by atoms with Crippen molar-refractivity contribution in [2.75, 3.05) is 0 Å². The van der Waals surface area contributed by atoms with E-state index >= 15 is 0 Å². The number of hydrogen-bond donors (Lipinski definition) is 1. The van der Waals surface area contributed by atoms with E-state index in [9.17, 15) is 27.1 Å². The molecule has 8 heteroatoms. The van der Waals surface area contributed by atoms with E-state index in [4.69, 9.17) is 10.00 Å². The molecule has 2 unspecified atom stereocenters. The highest BCUT2D eigenvalue weighted by atomic mass is 19.3. The minimum absolute atomic E-state index is 0.0333. The number of hydrogen-bond acceptors (Lipinski definition) is 3. The number of nitrogens with zero attached hydrogens (tertiary/aromatic N) is 1. The molecule has 2 atom stereocenters. The van der Waals surface area contributed by atoms with E-state index in [0.717, 1.165) is 24.3 Å². The van der Waals surface area contributed by atoms with E-state index in [1.165, 1.54) is 6.07 Å². The summed E-state index contributed by atoms with van der Waals surface area (Å²) in [7, 11) is 0. The molecule has 0 aromatic heterocycles. The molecule has 3 nitrogen and oxygen atoms in total. The van der Waals surface area contributed by atoms with Crippen molar-refractivity contribution in [3.8, 4) is 17.6 Å². The quantitative estimate of drug-likeness (QED) is 0.780. The SMILES string of the molecule is N#Cc1cc(F)cc(Oc2ccc3c4c2C(O)CC4C(F)(F)C3(F)F)c1. The van der Waals surface area contributed by atoms with Crippen molar-refractivity contribution in [1.29, 1.82) is 5.26 Å². The third-order valence-corrected chi connectivity index (χ3v) is 4.81. The van der Waals surface area contributed by atoms with Gasteiger partial charge in [0.1, 0.15) is 17.3 Å². The third-order valence-electron chi connectivity index (χ3n) is 4.81. The number of aliphatic hydroxyl groups excluding tert-OH is 1. The highest BCUT2D eigenvalue weighted by Gasteiger charge is 2.71. The Balaban J connectivity index is 1.84. The molecular formula is C18H10F5NO2. The van der Waals surface area contributed by atoms with Crippen LogP contribution in [0.4, 0.5) is 22.0 Å². The van der Waals surface area contributed by atoms with Crippen LogP contribution in [-0.2, 0) is 5.92 Å². The lowest BCUT2D eigenvalue weighted by atomic mass is 10.0. The summed E-state index contributed by atoms with van der Waals surface area (Å²) in [4.78, 5) is 0. The van der Waals surface area contributed by atoms with Gasteiger partial charge in [-0.3, -0.25) is 0 Å². The summed E-state index contributed by atoms with van der Waals surface area (Å²) in [5.41, 5.74) is -1.33. The van der Waals surface area contributed by atoms with Crippen LogP contribution in [0.1, 0.15) is 40.7 Å². The van der Waals surface area contributed by atoms with Crippen molar-refractivity contribution in [3.63, 3.8) is 0 Å². The van der Waals surface area contributed by atoms with Crippen LogP contribution in [0.5, 0.6) is 11.5 Å². The maximum atomic E-state index is 14.1. The van der Waals surface area contributed by atoms with Gasteiger partial charge in [-0.05, 0) is 36.2 Å². The Morgan fingerprint density at radius 1 is 1.12 bits per heavy atom. The molecule has 0 heterocycles. The van der Waals surface area contributed by atoms with Gasteiger partial charge in [-0.1, -0.05) is 0 Å². The van der Waals surface area contributed by atoms with Crippen LogP contribution < -0.4 is 4.74 Å². The van der Waals surface area contributed by atoms with Crippen molar-refractivity contribution >= 4 is 0 Å². The van der Waals surface area contributed by atoms with E-state index in [2.05, 4.69) is 0 Å². The predicted molar refractivity (Wildman–Crippen MR) is 78.8 cm³/mol. The summed E-state index contributed by atoms with van der Waals surface area (Å²) in [6.07, 6.45) is -1.96. The van der Waals surface area contributed by atoms with Gasteiger partial charge >= 0.3 is 11.8 Å². The molecule has 2 aromatic rings. The van der Waals surface area contributed by atoms with Gasteiger partial charge in [-0.15, -0.1) is 0 Å². The molecule has 0 saturated heterocycles. The van der Waals surface area contributed by atoms with Gasteiger partial charge in [-0.25, -0.2) is 4.39 Å². The second kappa shape index (κ2) is 5.17. The first-order valence-corrected chi connectivity index (χ1v) is 7.66. The molecule has 4 rings (SSSR count).